The van der Waals surface area contributed by atoms with Gasteiger partial charge in [-0.3, -0.25) is 4.79 Å². The summed E-state index contributed by atoms with van der Waals surface area (Å²) in [4.78, 5) is 26.8. The van der Waals surface area contributed by atoms with Crippen molar-refractivity contribution in [3.63, 3.8) is 0 Å². The smallest absolute Gasteiger partial charge is 0.353 e. The number of hydrogen-bond acceptors (Lipinski definition) is 4. The molecule has 1 heterocycles. The first-order valence-corrected chi connectivity index (χ1v) is 5.30. The van der Waals surface area contributed by atoms with Crippen LogP contribution >= 0.6 is 0 Å². The number of hydrogen-bond donors (Lipinski definition) is 2. The topological polar surface area (TPSA) is 88.0 Å². The minimum Gasteiger partial charge on any atom is -0.477 e. The Hall–Kier alpha value is -2.58. The Balaban J connectivity index is 2.07. The van der Waals surface area contributed by atoms with E-state index in [1.54, 1.807) is 0 Å². The van der Waals surface area contributed by atoms with Crippen LogP contribution < -0.4 is 5.32 Å². The van der Waals surface area contributed by atoms with Gasteiger partial charge in [-0.05, 0) is 0 Å². The molecule has 0 bridgehead atoms. The molecule has 1 aliphatic heterocycles. The maximum absolute atomic E-state index is 13.3. The molecule has 1 aliphatic rings. The summed E-state index contributed by atoms with van der Waals surface area (Å²) in [5, 5.41) is 13.7. The molecule has 0 radical (unpaired) electrons. The van der Waals surface area contributed by atoms with E-state index in [4.69, 9.17) is 5.11 Å². The van der Waals surface area contributed by atoms with Crippen LogP contribution in [-0.4, -0.2) is 28.8 Å². The number of halogens is 3. The molecule has 0 saturated carbocycles. The molecule has 1 amide bonds. The number of aliphatic carboxylic acids is 1. The normalized spacial score (nSPS) is 17.4. The molecule has 9 heteroatoms. The van der Waals surface area contributed by atoms with Crippen molar-refractivity contribution in [1.29, 1.82) is 0 Å². The number of nitrogens with zero attached hydrogens (tertiary/aromatic N) is 1. The van der Waals surface area contributed by atoms with Crippen molar-refractivity contribution in [3.8, 4) is 0 Å². The summed E-state index contributed by atoms with van der Waals surface area (Å²) in [6.45, 7) is 0. The van der Waals surface area contributed by atoms with Crippen molar-refractivity contribution in [1.82, 2.24) is 0 Å². The van der Waals surface area contributed by atoms with Crippen molar-refractivity contribution in [3.05, 3.63) is 29.6 Å². The summed E-state index contributed by atoms with van der Waals surface area (Å²) in [5.74, 6) is -6.17. The lowest BCUT2D eigenvalue weighted by molar-refractivity contribution is -0.129. The van der Waals surface area contributed by atoms with Gasteiger partial charge < -0.3 is 15.3 Å². The minimum absolute atomic E-state index is 0.277. The van der Waals surface area contributed by atoms with Crippen molar-refractivity contribution < 1.29 is 32.7 Å². The van der Waals surface area contributed by atoms with Crippen molar-refractivity contribution >= 4 is 23.3 Å². The number of benzene rings is 1. The predicted octanol–water partition coefficient (Wildman–Crippen LogP) is 1.27. The van der Waals surface area contributed by atoms with Gasteiger partial charge in [-0.1, -0.05) is 5.16 Å². The number of carboxylic acids is 1. The van der Waals surface area contributed by atoms with Crippen LogP contribution in [0.3, 0.4) is 0 Å². The highest BCUT2D eigenvalue weighted by Crippen LogP contribution is 2.20. The van der Waals surface area contributed by atoms with E-state index < -0.39 is 41.1 Å². The number of oxime groups is 1. The summed E-state index contributed by atoms with van der Waals surface area (Å²) in [5.41, 5.74) is -0.947. The molecule has 1 atom stereocenters. The van der Waals surface area contributed by atoms with Crippen LogP contribution in [0.1, 0.15) is 6.42 Å². The van der Waals surface area contributed by atoms with Gasteiger partial charge in [-0.25, -0.2) is 18.0 Å². The lowest BCUT2D eigenvalue weighted by Gasteiger charge is -2.10. The van der Waals surface area contributed by atoms with E-state index >= 15 is 0 Å². The summed E-state index contributed by atoms with van der Waals surface area (Å²) < 4.78 is 38.9. The van der Waals surface area contributed by atoms with Crippen LogP contribution in [0, 0.1) is 17.5 Å². The molecule has 20 heavy (non-hydrogen) atoms. The number of carbonyl (C=O) groups is 2. The quantitative estimate of drug-likeness (QED) is 0.820. The predicted molar refractivity (Wildman–Crippen MR) is 59.5 cm³/mol. The van der Waals surface area contributed by atoms with E-state index in [2.05, 4.69) is 9.99 Å². The average Bonchev–Trinajstić information content (AvgIpc) is 2.85. The molecule has 1 unspecified atom stereocenters. The molecule has 0 fully saturated rings. The molecular weight excluding hydrogens is 281 g/mol. The summed E-state index contributed by atoms with van der Waals surface area (Å²) in [6.07, 6.45) is -1.58. The second-order valence-corrected chi connectivity index (χ2v) is 3.88. The molecular formula is C11H7F3N2O4. The van der Waals surface area contributed by atoms with Gasteiger partial charge in [0.1, 0.15) is 5.82 Å². The minimum atomic E-state index is -1.39. The Kier molecular flexibility index (Phi) is 3.59. The number of carboxylic acid groups (broad SMARTS) is 1. The Labute approximate surface area is 109 Å². The van der Waals surface area contributed by atoms with Crippen LogP contribution in [0.5, 0.6) is 0 Å². The van der Waals surface area contributed by atoms with Gasteiger partial charge in [0, 0.05) is 18.6 Å². The third-order valence-corrected chi connectivity index (χ3v) is 2.48. The molecule has 106 valence electrons. The molecule has 2 rings (SSSR count). The van der Waals surface area contributed by atoms with E-state index in [1.807, 2.05) is 5.32 Å². The van der Waals surface area contributed by atoms with E-state index in [1.165, 1.54) is 0 Å². The van der Waals surface area contributed by atoms with Gasteiger partial charge in [0.25, 0.3) is 5.91 Å². The SMILES string of the molecule is O=C(O)C1=NOC(C(=O)Nc2cc(F)c(F)cc2F)C1. The van der Waals surface area contributed by atoms with Crippen molar-refractivity contribution in [2.24, 2.45) is 5.16 Å². The maximum atomic E-state index is 13.3. The molecule has 0 saturated heterocycles. The Bertz CT molecular complexity index is 618. The number of nitrogens with one attached hydrogen (secondary N) is 1. The van der Waals surface area contributed by atoms with Gasteiger partial charge >= 0.3 is 5.97 Å². The highest BCUT2D eigenvalue weighted by atomic mass is 19.2. The fourth-order valence-electron chi connectivity index (χ4n) is 1.48. The van der Waals surface area contributed by atoms with Crippen molar-refractivity contribution in [2.45, 2.75) is 12.5 Å². The fraction of sp³-hybridized carbons (Fsp3) is 0.182. The second-order valence-electron chi connectivity index (χ2n) is 3.88. The molecule has 1 aromatic rings. The van der Waals surface area contributed by atoms with E-state index in [-0.39, 0.29) is 18.2 Å². The third-order valence-electron chi connectivity index (χ3n) is 2.48. The van der Waals surface area contributed by atoms with Crippen LogP contribution in [0.25, 0.3) is 0 Å². The van der Waals surface area contributed by atoms with E-state index in [0.717, 1.165) is 0 Å². The summed E-state index contributed by atoms with van der Waals surface area (Å²) in [6, 6.07) is 0.746. The zero-order valence-corrected chi connectivity index (χ0v) is 9.69. The molecule has 0 aliphatic carbocycles. The Morgan fingerprint density at radius 1 is 1.25 bits per heavy atom. The summed E-state index contributed by atoms with van der Waals surface area (Å²) in [7, 11) is 0. The average molecular weight is 288 g/mol. The first kappa shape index (κ1) is 13.8. The van der Waals surface area contributed by atoms with Crippen LogP contribution in [0.2, 0.25) is 0 Å². The zero-order valence-electron chi connectivity index (χ0n) is 9.69. The Morgan fingerprint density at radius 3 is 2.50 bits per heavy atom. The first-order chi connectivity index (χ1) is 9.38. The monoisotopic (exact) mass is 288 g/mol. The Morgan fingerprint density at radius 2 is 1.90 bits per heavy atom. The zero-order chi connectivity index (χ0) is 14.9. The second kappa shape index (κ2) is 5.19. The van der Waals surface area contributed by atoms with E-state index in [9.17, 15) is 22.8 Å². The number of amides is 1. The molecule has 1 aromatic carbocycles. The molecule has 0 aromatic heterocycles. The largest absolute Gasteiger partial charge is 0.477 e. The highest BCUT2D eigenvalue weighted by Gasteiger charge is 2.32. The van der Waals surface area contributed by atoms with Gasteiger partial charge in [0.05, 0.1) is 5.69 Å². The van der Waals surface area contributed by atoms with E-state index in [0.29, 0.717) is 6.07 Å². The van der Waals surface area contributed by atoms with Crippen LogP contribution in [0.4, 0.5) is 18.9 Å². The summed E-state index contributed by atoms with van der Waals surface area (Å²) >= 11 is 0. The molecule has 0 spiro atoms. The molecule has 2 N–H and O–H groups in total. The number of rotatable bonds is 3. The molecule has 6 nitrogen and oxygen atoms in total. The van der Waals surface area contributed by atoms with Gasteiger partial charge in [-0.15, -0.1) is 0 Å². The van der Waals surface area contributed by atoms with Crippen LogP contribution in [-0.2, 0) is 14.4 Å². The lowest BCUT2D eigenvalue weighted by Crippen LogP contribution is -2.29. The van der Waals surface area contributed by atoms with Crippen LogP contribution in [0.15, 0.2) is 17.3 Å². The fourth-order valence-corrected chi connectivity index (χ4v) is 1.48. The lowest BCUT2D eigenvalue weighted by atomic mass is 10.1. The standard InChI is InChI=1S/C11H7F3N2O4/c12-4-1-6(14)7(2-5(4)13)15-10(17)9-3-8(11(18)19)16-20-9/h1-2,9H,3H2,(H,15,17)(H,18,19). The first-order valence-electron chi connectivity index (χ1n) is 5.30. The highest BCUT2D eigenvalue weighted by molar-refractivity contribution is 6.36. The third kappa shape index (κ3) is 2.71. The maximum Gasteiger partial charge on any atom is 0.353 e. The van der Waals surface area contributed by atoms with Gasteiger partial charge in [0.15, 0.2) is 17.3 Å². The van der Waals surface area contributed by atoms with Gasteiger partial charge in [0.2, 0.25) is 6.10 Å². The van der Waals surface area contributed by atoms with Gasteiger partial charge in [-0.2, -0.15) is 0 Å². The number of anilines is 1. The van der Waals surface area contributed by atoms with Crippen molar-refractivity contribution in [2.75, 3.05) is 5.32 Å². The number of carbonyl (C=O) groups excluding carboxylic acids is 1.